The smallest absolute Gasteiger partial charge is 0.254 e. The fourth-order valence-electron chi connectivity index (χ4n) is 2.02. The molecule has 1 aromatic heterocycles. The Morgan fingerprint density at radius 1 is 1.63 bits per heavy atom. The number of ether oxygens (including phenoxy) is 1. The number of anilines is 1. The Labute approximate surface area is 110 Å². The summed E-state index contributed by atoms with van der Waals surface area (Å²) in [6, 6.07) is 1.32. The number of nitrogens with one attached hydrogen (secondary N) is 2. The second kappa shape index (κ2) is 6.44. The molecular formula is C12H17FN4O2. The van der Waals surface area contributed by atoms with Crippen LogP contribution in [-0.4, -0.2) is 30.6 Å². The number of nitrogens with zero attached hydrogens (tertiary/aromatic N) is 1. The summed E-state index contributed by atoms with van der Waals surface area (Å²) >= 11 is 0. The van der Waals surface area contributed by atoms with Gasteiger partial charge in [0.1, 0.15) is 0 Å². The molecule has 0 spiro atoms. The van der Waals surface area contributed by atoms with Gasteiger partial charge in [0.05, 0.1) is 12.2 Å². The maximum atomic E-state index is 13.8. The van der Waals surface area contributed by atoms with Crippen LogP contribution >= 0.6 is 0 Å². The number of aromatic nitrogens is 1. The third-order valence-electron chi connectivity index (χ3n) is 3.08. The number of hydrogen-bond acceptors (Lipinski definition) is 5. The van der Waals surface area contributed by atoms with Gasteiger partial charge in [0.15, 0.2) is 11.6 Å². The first-order valence-corrected chi connectivity index (χ1v) is 6.19. The second-order valence-electron chi connectivity index (χ2n) is 4.46. The van der Waals surface area contributed by atoms with Crippen LogP contribution in [0.2, 0.25) is 0 Å². The summed E-state index contributed by atoms with van der Waals surface area (Å²) in [5.41, 5.74) is 2.04. The maximum absolute atomic E-state index is 13.8. The van der Waals surface area contributed by atoms with E-state index in [0.717, 1.165) is 19.4 Å². The Morgan fingerprint density at radius 2 is 2.47 bits per heavy atom. The van der Waals surface area contributed by atoms with Crippen molar-refractivity contribution in [1.82, 2.24) is 10.3 Å². The lowest BCUT2D eigenvalue weighted by molar-refractivity contribution is 0.0536. The van der Waals surface area contributed by atoms with E-state index < -0.39 is 11.7 Å². The van der Waals surface area contributed by atoms with Crippen LogP contribution in [0.4, 0.5) is 10.2 Å². The maximum Gasteiger partial charge on any atom is 0.254 e. The molecule has 0 saturated carbocycles. The molecule has 1 aliphatic rings. The summed E-state index contributed by atoms with van der Waals surface area (Å²) in [6.45, 7) is 1.88. The summed E-state index contributed by atoms with van der Waals surface area (Å²) in [7, 11) is 0. The number of amides is 1. The largest absolute Gasteiger partial charge is 0.381 e. The third kappa shape index (κ3) is 3.39. The number of hydrazine groups is 1. The first-order chi connectivity index (χ1) is 9.22. The average Bonchev–Trinajstić information content (AvgIpc) is 2.46. The molecule has 6 nitrogen and oxygen atoms in total. The van der Waals surface area contributed by atoms with Crippen LogP contribution in [0.15, 0.2) is 12.3 Å². The number of halogens is 1. The Kier molecular flexibility index (Phi) is 4.64. The minimum absolute atomic E-state index is 0.0697. The van der Waals surface area contributed by atoms with Gasteiger partial charge in [0.25, 0.3) is 5.91 Å². The molecule has 4 N–H and O–H groups in total. The van der Waals surface area contributed by atoms with Crippen molar-refractivity contribution < 1.29 is 13.9 Å². The fraction of sp³-hybridized carbons (Fsp3) is 0.500. The molecule has 1 aromatic rings. The SMILES string of the molecule is NNc1nccc(C(=O)NCC2CCCOC2)c1F. The lowest BCUT2D eigenvalue weighted by Crippen LogP contribution is -2.33. The van der Waals surface area contributed by atoms with Crippen molar-refractivity contribution in [2.45, 2.75) is 12.8 Å². The molecule has 19 heavy (non-hydrogen) atoms. The third-order valence-corrected chi connectivity index (χ3v) is 3.08. The van der Waals surface area contributed by atoms with Crippen molar-refractivity contribution in [2.24, 2.45) is 11.8 Å². The van der Waals surface area contributed by atoms with Gasteiger partial charge in [-0.25, -0.2) is 15.2 Å². The zero-order valence-electron chi connectivity index (χ0n) is 10.5. The number of carbonyl (C=O) groups is 1. The van der Waals surface area contributed by atoms with Crippen molar-refractivity contribution in [3.8, 4) is 0 Å². The lowest BCUT2D eigenvalue weighted by atomic mass is 10.0. The molecule has 1 amide bonds. The van der Waals surface area contributed by atoms with Crippen LogP contribution in [-0.2, 0) is 4.74 Å². The van der Waals surface area contributed by atoms with Gasteiger partial charge in [-0.15, -0.1) is 0 Å². The highest BCUT2D eigenvalue weighted by molar-refractivity contribution is 5.95. The molecule has 104 valence electrons. The average molecular weight is 268 g/mol. The zero-order valence-corrected chi connectivity index (χ0v) is 10.5. The molecule has 1 atom stereocenters. The molecule has 1 aliphatic heterocycles. The number of rotatable bonds is 4. The van der Waals surface area contributed by atoms with Crippen molar-refractivity contribution in [2.75, 3.05) is 25.2 Å². The van der Waals surface area contributed by atoms with Crippen LogP contribution in [0, 0.1) is 11.7 Å². The van der Waals surface area contributed by atoms with E-state index in [9.17, 15) is 9.18 Å². The van der Waals surface area contributed by atoms with Crippen LogP contribution < -0.4 is 16.6 Å². The minimum Gasteiger partial charge on any atom is -0.381 e. The highest BCUT2D eigenvalue weighted by atomic mass is 19.1. The number of nitrogens with two attached hydrogens (primary N) is 1. The predicted octanol–water partition coefficient (Wildman–Crippen LogP) is 0.663. The van der Waals surface area contributed by atoms with E-state index in [4.69, 9.17) is 10.6 Å². The van der Waals surface area contributed by atoms with E-state index in [1.807, 2.05) is 0 Å². The Bertz CT molecular complexity index is 449. The van der Waals surface area contributed by atoms with Gasteiger partial charge >= 0.3 is 0 Å². The summed E-state index contributed by atoms with van der Waals surface area (Å²) in [5, 5.41) is 2.71. The molecule has 1 saturated heterocycles. The van der Waals surface area contributed by atoms with E-state index in [-0.39, 0.29) is 17.3 Å². The van der Waals surface area contributed by atoms with Crippen molar-refractivity contribution in [3.05, 3.63) is 23.6 Å². The highest BCUT2D eigenvalue weighted by Gasteiger charge is 2.18. The lowest BCUT2D eigenvalue weighted by Gasteiger charge is -2.22. The normalized spacial score (nSPS) is 18.9. The van der Waals surface area contributed by atoms with E-state index in [1.165, 1.54) is 12.3 Å². The molecule has 0 aliphatic carbocycles. The van der Waals surface area contributed by atoms with Crippen molar-refractivity contribution in [1.29, 1.82) is 0 Å². The molecule has 0 aromatic carbocycles. The van der Waals surface area contributed by atoms with Crippen LogP contribution in [0.3, 0.4) is 0 Å². The van der Waals surface area contributed by atoms with E-state index in [0.29, 0.717) is 13.2 Å². The molecule has 2 heterocycles. The van der Waals surface area contributed by atoms with E-state index in [1.54, 1.807) is 0 Å². The van der Waals surface area contributed by atoms with Gasteiger partial charge in [-0.3, -0.25) is 4.79 Å². The topological polar surface area (TPSA) is 89.3 Å². The molecule has 1 fully saturated rings. The Morgan fingerprint density at radius 3 is 3.16 bits per heavy atom. The monoisotopic (exact) mass is 268 g/mol. The van der Waals surface area contributed by atoms with Crippen LogP contribution in [0.5, 0.6) is 0 Å². The summed E-state index contributed by atoms with van der Waals surface area (Å²) in [6.07, 6.45) is 3.33. The molecular weight excluding hydrogens is 251 g/mol. The number of pyridine rings is 1. The Hall–Kier alpha value is -1.73. The second-order valence-corrected chi connectivity index (χ2v) is 4.46. The number of hydrogen-bond donors (Lipinski definition) is 3. The van der Waals surface area contributed by atoms with Gasteiger partial charge < -0.3 is 15.5 Å². The van der Waals surface area contributed by atoms with Crippen LogP contribution in [0.1, 0.15) is 23.2 Å². The molecule has 0 bridgehead atoms. The fourth-order valence-corrected chi connectivity index (χ4v) is 2.02. The first-order valence-electron chi connectivity index (χ1n) is 6.19. The van der Waals surface area contributed by atoms with E-state index >= 15 is 0 Å². The summed E-state index contributed by atoms with van der Waals surface area (Å²) < 4.78 is 19.1. The predicted molar refractivity (Wildman–Crippen MR) is 67.9 cm³/mol. The van der Waals surface area contributed by atoms with Gasteiger partial charge in [0.2, 0.25) is 0 Å². The van der Waals surface area contributed by atoms with Crippen LogP contribution in [0.25, 0.3) is 0 Å². The Balaban J connectivity index is 1.95. The van der Waals surface area contributed by atoms with Crippen molar-refractivity contribution >= 4 is 11.7 Å². The van der Waals surface area contributed by atoms with Crippen molar-refractivity contribution in [3.63, 3.8) is 0 Å². The van der Waals surface area contributed by atoms with Gasteiger partial charge in [-0.2, -0.15) is 0 Å². The summed E-state index contributed by atoms with van der Waals surface area (Å²) in [4.78, 5) is 15.6. The molecule has 2 rings (SSSR count). The standard InChI is InChI=1S/C12H17FN4O2/c13-10-9(3-4-15-11(10)17-14)12(18)16-6-8-2-1-5-19-7-8/h3-4,8H,1-2,5-7,14H2,(H,15,17)(H,16,18). The van der Waals surface area contributed by atoms with Gasteiger partial charge in [-0.1, -0.05) is 0 Å². The zero-order chi connectivity index (χ0) is 13.7. The molecule has 7 heteroatoms. The molecule has 1 unspecified atom stereocenters. The highest BCUT2D eigenvalue weighted by Crippen LogP contribution is 2.15. The van der Waals surface area contributed by atoms with Gasteiger partial charge in [0, 0.05) is 19.3 Å². The minimum atomic E-state index is -0.748. The quantitative estimate of drug-likeness (QED) is 0.551. The van der Waals surface area contributed by atoms with E-state index in [2.05, 4.69) is 15.7 Å². The number of carbonyl (C=O) groups excluding carboxylic acids is 1. The summed E-state index contributed by atoms with van der Waals surface area (Å²) in [5.74, 6) is 4.03. The van der Waals surface area contributed by atoms with Gasteiger partial charge in [-0.05, 0) is 24.8 Å². The molecule has 0 radical (unpaired) electrons. The number of nitrogen functional groups attached to an aromatic ring is 1. The first kappa shape index (κ1) is 13.7.